The van der Waals surface area contributed by atoms with E-state index in [1.54, 1.807) is 0 Å². The highest BCUT2D eigenvalue weighted by atomic mass is 35.5. The Labute approximate surface area is 120 Å². The van der Waals surface area contributed by atoms with Crippen LogP contribution in [0.3, 0.4) is 0 Å². The molecule has 1 aliphatic heterocycles. The highest BCUT2D eigenvalue weighted by Crippen LogP contribution is 2.32. The number of hydrogen-bond donors (Lipinski definition) is 0. The van der Waals surface area contributed by atoms with Crippen LogP contribution in [0.5, 0.6) is 0 Å². The Bertz CT molecular complexity index is 443. The van der Waals surface area contributed by atoms with Crippen LogP contribution < -0.4 is 0 Å². The Morgan fingerprint density at radius 1 is 1.37 bits per heavy atom. The van der Waals surface area contributed by atoms with Gasteiger partial charge in [-0.25, -0.2) is 0 Å². The van der Waals surface area contributed by atoms with Gasteiger partial charge in [0.2, 0.25) is 5.91 Å². The minimum atomic E-state index is -0.490. The summed E-state index contributed by atoms with van der Waals surface area (Å²) in [5, 5.41) is 0. The van der Waals surface area contributed by atoms with Gasteiger partial charge in [0.15, 0.2) is 0 Å². The average Bonchev–Trinajstić information content (AvgIpc) is 2.79. The molecule has 2 atom stereocenters. The van der Waals surface area contributed by atoms with Crippen molar-refractivity contribution in [2.24, 2.45) is 5.92 Å². The van der Waals surface area contributed by atoms with Crippen molar-refractivity contribution < 1.29 is 4.79 Å². The maximum atomic E-state index is 12.8. The fourth-order valence-electron chi connectivity index (χ4n) is 2.83. The van der Waals surface area contributed by atoms with E-state index in [4.69, 9.17) is 11.6 Å². The second-order valence-corrected chi connectivity index (χ2v) is 6.29. The van der Waals surface area contributed by atoms with Crippen molar-refractivity contribution in [1.82, 2.24) is 4.90 Å². The van der Waals surface area contributed by atoms with Crippen LogP contribution in [-0.4, -0.2) is 29.3 Å². The van der Waals surface area contributed by atoms with Crippen LogP contribution >= 0.6 is 11.6 Å². The lowest BCUT2D eigenvalue weighted by Crippen LogP contribution is -2.47. The van der Waals surface area contributed by atoms with E-state index in [0.29, 0.717) is 11.8 Å². The van der Waals surface area contributed by atoms with E-state index in [1.807, 2.05) is 49.1 Å². The minimum Gasteiger partial charge on any atom is -0.337 e. The van der Waals surface area contributed by atoms with Crippen LogP contribution in [0.4, 0.5) is 0 Å². The number of rotatable bonds is 3. The van der Waals surface area contributed by atoms with Crippen molar-refractivity contribution in [3.8, 4) is 0 Å². The largest absolute Gasteiger partial charge is 0.337 e. The monoisotopic (exact) mass is 279 g/mol. The highest BCUT2D eigenvalue weighted by molar-refractivity contribution is 6.18. The second-order valence-electron chi connectivity index (χ2n) is 5.98. The number of amides is 1. The molecule has 1 aromatic rings. The number of nitrogens with zero attached hydrogens (tertiary/aromatic N) is 1. The number of carbonyl (C=O) groups is 1. The molecule has 1 heterocycles. The van der Waals surface area contributed by atoms with E-state index >= 15 is 0 Å². The van der Waals surface area contributed by atoms with E-state index in [1.165, 1.54) is 0 Å². The molecule has 0 N–H and O–H groups in total. The van der Waals surface area contributed by atoms with Crippen molar-refractivity contribution in [1.29, 1.82) is 0 Å². The van der Waals surface area contributed by atoms with Gasteiger partial charge < -0.3 is 4.90 Å². The molecule has 0 bridgehead atoms. The quantitative estimate of drug-likeness (QED) is 0.776. The average molecular weight is 280 g/mol. The van der Waals surface area contributed by atoms with E-state index in [-0.39, 0.29) is 11.9 Å². The molecule has 0 radical (unpaired) electrons. The molecule has 1 aromatic carbocycles. The zero-order valence-corrected chi connectivity index (χ0v) is 12.7. The maximum absolute atomic E-state index is 12.8. The molecule has 2 rings (SSSR count). The number of alkyl halides is 1. The lowest BCUT2D eigenvalue weighted by atomic mass is 9.83. The molecule has 19 heavy (non-hydrogen) atoms. The molecule has 1 aliphatic rings. The van der Waals surface area contributed by atoms with Gasteiger partial charge >= 0.3 is 0 Å². The van der Waals surface area contributed by atoms with Crippen molar-refractivity contribution in [2.75, 3.05) is 12.4 Å². The Balaban J connectivity index is 2.24. The zero-order chi connectivity index (χ0) is 14.0. The number of benzene rings is 1. The third-order valence-corrected chi connectivity index (χ3v) is 4.65. The molecule has 1 fully saturated rings. The predicted octanol–water partition coefficient (Wildman–Crippen LogP) is 3.44. The molecule has 3 heteroatoms. The van der Waals surface area contributed by atoms with Crippen molar-refractivity contribution >= 4 is 17.5 Å². The Morgan fingerprint density at radius 2 is 2.00 bits per heavy atom. The Morgan fingerprint density at radius 3 is 2.58 bits per heavy atom. The summed E-state index contributed by atoms with van der Waals surface area (Å²) in [6, 6.07) is 10.2. The molecule has 0 saturated carbocycles. The molecule has 1 amide bonds. The van der Waals surface area contributed by atoms with Gasteiger partial charge in [-0.1, -0.05) is 37.3 Å². The number of halogens is 1. The first-order valence-corrected chi connectivity index (χ1v) is 7.44. The molecule has 0 spiro atoms. The number of hydrogen-bond acceptors (Lipinski definition) is 1. The summed E-state index contributed by atoms with van der Waals surface area (Å²) in [6.45, 7) is 7.00. The molecule has 0 aromatic heterocycles. The molecular formula is C16H22ClNO. The Kier molecular flexibility index (Phi) is 4.19. The fraction of sp³-hybridized carbons (Fsp3) is 0.562. The van der Waals surface area contributed by atoms with Gasteiger partial charge in [0, 0.05) is 18.5 Å². The van der Waals surface area contributed by atoms with Crippen LogP contribution in [-0.2, 0) is 10.2 Å². The Hall–Kier alpha value is -1.02. The SMILES string of the molecule is CC1CCN(C(=O)C(C)(C)c2ccccc2)C1CCl. The summed E-state index contributed by atoms with van der Waals surface area (Å²) < 4.78 is 0. The molecule has 1 saturated heterocycles. The molecule has 0 aliphatic carbocycles. The van der Waals surface area contributed by atoms with E-state index in [9.17, 15) is 4.79 Å². The van der Waals surface area contributed by atoms with Crippen molar-refractivity contribution in [3.63, 3.8) is 0 Å². The van der Waals surface area contributed by atoms with Gasteiger partial charge in [-0.3, -0.25) is 4.79 Å². The molecule has 104 valence electrons. The van der Waals surface area contributed by atoms with Crippen LogP contribution in [0.15, 0.2) is 30.3 Å². The van der Waals surface area contributed by atoms with E-state index in [2.05, 4.69) is 6.92 Å². The summed E-state index contributed by atoms with van der Waals surface area (Å²) in [5.74, 6) is 1.21. The summed E-state index contributed by atoms with van der Waals surface area (Å²) in [5.41, 5.74) is 0.572. The van der Waals surface area contributed by atoms with Gasteiger partial charge in [-0.15, -0.1) is 11.6 Å². The normalized spacial score (nSPS) is 23.7. The lowest BCUT2D eigenvalue weighted by Gasteiger charge is -2.33. The fourth-order valence-corrected chi connectivity index (χ4v) is 3.30. The first kappa shape index (κ1) is 14.4. The second kappa shape index (κ2) is 5.54. The van der Waals surface area contributed by atoms with Crippen LogP contribution in [0.1, 0.15) is 32.8 Å². The van der Waals surface area contributed by atoms with Crippen molar-refractivity contribution in [2.45, 2.75) is 38.6 Å². The zero-order valence-electron chi connectivity index (χ0n) is 11.9. The van der Waals surface area contributed by atoms with Crippen LogP contribution in [0, 0.1) is 5.92 Å². The summed E-state index contributed by atoms with van der Waals surface area (Å²) >= 11 is 6.04. The molecular weight excluding hydrogens is 258 g/mol. The first-order valence-electron chi connectivity index (χ1n) is 6.91. The summed E-state index contributed by atoms with van der Waals surface area (Å²) in [6.07, 6.45) is 1.05. The van der Waals surface area contributed by atoms with E-state index in [0.717, 1.165) is 18.5 Å². The topological polar surface area (TPSA) is 20.3 Å². The van der Waals surface area contributed by atoms with Gasteiger partial charge in [-0.05, 0) is 31.7 Å². The molecule has 2 nitrogen and oxygen atoms in total. The smallest absolute Gasteiger partial charge is 0.232 e. The van der Waals surface area contributed by atoms with E-state index < -0.39 is 5.41 Å². The molecule has 2 unspecified atom stereocenters. The summed E-state index contributed by atoms with van der Waals surface area (Å²) in [7, 11) is 0. The first-order chi connectivity index (χ1) is 8.98. The minimum absolute atomic E-state index is 0.178. The maximum Gasteiger partial charge on any atom is 0.232 e. The highest BCUT2D eigenvalue weighted by Gasteiger charge is 2.40. The van der Waals surface area contributed by atoms with Gasteiger partial charge in [0.1, 0.15) is 0 Å². The third kappa shape index (κ3) is 2.64. The van der Waals surface area contributed by atoms with Gasteiger partial charge in [0.25, 0.3) is 0 Å². The van der Waals surface area contributed by atoms with Crippen molar-refractivity contribution in [3.05, 3.63) is 35.9 Å². The van der Waals surface area contributed by atoms with Crippen LogP contribution in [0.25, 0.3) is 0 Å². The number of likely N-dealkylation sites (tertiary alicyclic amines) is 1. The lowest BCUT2D eigenvalue weighted by molar-refractivity contribution is -0.137. The standard InChI is InChI=1S/C16H22ClNO/c1-12-9-10-18(14(12)11-17)15(19)16(2,3)13-7-5-4-6-8-13/h4-8,12,14H,9-11H2,1-3H3. The van der Waals surface area contributed by atoms with Gasteiger partial charge in [-0.2, -0.15) is 0 Å². The predicted molar refractivity (Wildman–Crippen MR) is 79.5 cm³/mol. The van der Waals surface area contributed by atoms with Gasteiger partial charge in [0.05, 0.1) is 5.41 Å². The third-order valence-electron chi connectivity index (χ3n) is 4.33. The number of carbonyl (C=O) groups excluding carboxylic acids is 1. The summed E-state index contributed by atoms with van der Waals surface area (Å²) in [4.78, 5) is 14.8. The van der Waals surface area contributed by atoms with Crippen LogP contribution in [0.2, 0.25) is 0 Å².